The van der Waals surface area contributed by atoms with E-state index in [1.54, 1.807) is 12.3 Å². The third-order valence-electron chi connectivity index (χ3n) is 5.56. The summed E-state index contributed by atoms with van der Waals surface area (Å²) >= 11 is 0. The van der Waals surface area contributed by atoms with Gasteiger partial charge >= 0.3 is 0 Å². The topological polar surface area (TPSA) is 92.5 Å². The van der Waals surface area contributed by atoms with Crippen molar-refractivity contribution in [1.29, 1.82) is 0 Å². The Balaban J connectivity index is 1.43. The molecule has 0 aliphatic carbocycles. The Bertz CT molecular complexity index is 1150. The van der Waals surface area contributed by atoms with Crippen LogP contribution in [-0.4, -0.2) is 49.5 Å². The van der Waals surface area contributed by atoms with Crippen molar-refractivity contribution in [3.63, 3.8) is 0 Å². The Morgan fingerprint density at radius 1 is 1.10 bits per heavy atom. The molecule has 0 bridgehead atoms. The Kier molecular flexibility index (Phi) is 6.20. The van der Waals surface area contributed by atoms with Crippen LogP contribution in [0.1, 0.15) is 23.2 Å². The van der Waals surface area contributed by atoms with E-state index in [0.29, 0.717) is 42.4 Å². The second-order valence-corrected chi connectivity index (χ2v) is 9.74. The number of benzene rings is 2. The number of oxazole rings is 1. The van der Waals surface area contributed by atoms with Gasteiger partial charge in [0.05, 0.1) is 18.0 Å². The summed E-state index contributed by atoms with van der Waals surface area (Å²) in [5, 5.41) is 2.99. The highest BCUT2D eigenvalue weighted by Gasteiger charge is 2.25. The maximum atomic E-state index is 12.9. The van der Waals surface area contributed by atoms with Crippen LogP contribution in [-0.2, 0) is 10.0 Å². The molecule has 162 valence electrons. The molecule has 2 heterocycles. The summed E-state index contributed by atoms with van der Waals surface area (Å²) in [6, 6.07) is 16.9. The van der Waals surface area contributed by atoms with Gasteiger partial charge in [-0.3, -0.25) is 4.79 Å². The van der Waals surface area contributed by atoms with Gasteiger partial charge in [-0.1, -0.05) is 42.5 Å². The van der Waals surface area contributed by atoms with Crippen molar-refractivity contribution in [3.8, 4) is 22.8 Å². The number of nitrogens with one attached hydrogen (secondary N) is 1. The molecule has 1 aliphatic heterocycles. The highest BCUT2D eigenvalue weighted by molar-refractivity contribution is 7.88. The predicted molar refractivity (Wildman–Crippen MR) is 119 cm³/mol. The first-order chi connectivity index (χ1) is 14.9. The second-order valence-electron chi connectivity index (χ2n) is 7.76. The van der Waals surface area contributed by atoms with Crippen molar-refractivity contribution in [1.82, 2.24) is 14.6 Å². The van der Waals surface area contributed by atoms with Crippen molar-refractivity contribution in [2.24, 2.45) is 5.92 Å². The third kappa shape index (κ3) is 5.03. The third-order valence-corrected chi connectivity index (χ3v) is 6.86. The quantitative estimate of drug-likeness (QED) is 0.635. The Labute approximate surface area is 182 Å². The minimum Gasteiger partial charge on any atom is -0.436 e. The smallest absolute Gasteiger partial charge is 0.252 e. The van der Waals surface area contributed by atoms with Crippen molar-refractivity contribution >= 4 is 15.9 Å². The molecule has 1 saturated heterocycles. The van der Waals surface area contributed by atoms with E-state index in [0.717, 1.165) is 18.4 Å². The lowest BCUT2D eigenvalue weighted by Gasteiger charge is -2.30. The molecule has 2 aromatic carbocycles. The van der Waals surface area contributed by atoms with Gasteiger partial charge in [-0.15, -0.1) is 0 Å². The number of amides is 1. The lowest BCUT2D eigenvalue weighted by molar-refractivity contribution is 0.0942. The molecule has 0 atom stereocenters. The average Bonchev–Trinajstić information content (AvgIpc) is 3.28. The Morgan fingerprint density at radius 2 is 1.77 bits per heavy atom. The first-order valence-electron chi connectivity index (χ1n) is 10.3. The number of piperidine rings is 1. The number of carbonyl (C=O) groups excluding carboxylic acids is 1. The standard InChI is InChI=1S/C23H25N3O4S/c1-31(28,29)26-13-11-17(12-14-26)15-24-22(27)19-9-5-6-10-20(19)23-25-16-21(30-23)18-7-3-2-4-8-18/h2-10,16-17H,11-15H2,1H3,(H,24,27). The van der Waals surface area contributed by atoms with Crippen LogP contribution < -0.4 is 5.32 Å². The molecule has 0 spiro atoms. The van der Waals surface area contributed by atoms with Gasteiger partial charge in [-0.25, -0.2) is 17.7 Å². The van der Waals surface area contributed by atoms with E-state index in [-0.39, 0.29) is 11.8 Å². The van der Waals surface area contributed by atoms with E-state index in [1.165, 1.54) is 10.6 Å². The van der Waals surface area contributed by atoms with Crippen LogP contribution in [0.4, 0.5) is 0 Å². The SMILES string of the molecule is CS(=O)(=O)N1CCC(CNC(=O)c2ccccc2-c2ncc(-c3ccccc3)o2)CC1. The fourth-order valence-corrected chi connectivity index (χ4v) is 4.65. The average molecular weight is 440 g/mol. The van der Waals surface area contributed by atoms with Gasteiger partial charge in [-0.2, -0.15) is 0 Å². The predicted octanol–water partition coefficient (Wildman–Crippen LogP) is 3.41. The first-order valence-corrected chi connectivity index (χ1v) is 12.1. The minimum atomic E-state index is -3.15. The molecule has 1 aliphatic rings. The highest BCUT2D eigenvalue weighted by atomic mass is 32.2. The largest absolute Gasteiger partial charge is 0.436 e. The molecular formula is C23H25N3O4S. The summed E-state index contributed by atoms with van der Waals surface area (Å²) in [4.78, 5) is 17.3. The maximum Gasteiger partial charge on any atom is 0.252 e. The van der Waals surface area contributed by atoms with Crippen LogP contribution in [0, 0.1) is 5.92 Å². The molecule has 1 fully saturated rings. The summed E-state index contributed by atoms with van der Waals surface area (Å²) in [5.74, 6) is 1.09. The van der Waals surface area contributed by atoms with Gasteiger partial charge in [0, 0.05) is 30.8 Å². The molecule has 0 radical (unpaired) electrons. The highest BCUT2D eigenvalue weighted by Crippen LogP contribution is 2.28. The van der Waals surface area contributed by atoms with Crippen molar-refractivity contribution in [2.75, 3.05) is 25.9 Å². The fourth-order valence-electron chi connectivity index (χ4n) is 3.78. The van der Waals surface area contributed by atoms with Crippen LogP contribution in [0.3, 0.4) is 0 Å². The molecular weight excluding hydrogens is 414 g/mol. The van der Waals surface area contributed by atoms with E-state index in [4.69, 9.17) is 4.42 Å². The lowest BCUT2D eigenvalue weighted by Crippen LogP contribution is -2.41. The monoisotopic (exact) mass is 439 g/mol. The number of hydrogen-bond acceptors (Lipinski definition) is 5. The summed E-state index contributed by atoms with van der Waals surface area (Å²) in [5.41, 5.74) is 2.05. The zero-order chi connectivity index (χ0) is 21.8. The minimum absolute atomic E-state index is 0.194. The normalized spacial score (nSPS) is 15.6. The van der Waals surface area contributed by atoms with E-state index < -0.39 is 10.0 Å². The zero-order valence-electron chi connectivity index (χ0n) is 17.3. The van der Waals surface area contributed by atoms with Crippen LogP contribution in [0.25, 0.3) is 22.8 Å². The number of nitrogens with zero attached hydrogens (tertiary/aromatic N) is 2. The van der Waals surface area contributed by atoms with Crippen molar-refractivity contribution in [2.45, 2.75) is 12.8 Å². The van der Waals surface area contributed by atoms with Gasteiger partial charge < -0.3 is 9.73 Å². The lowest BCUT2D eigenvalue weighted by atomic mass is 9.98. The molecule has 4 rings (SSSR count). The Morgan fingerprint density at radius 3 is 2.48 bits per heavy atom. The molecule has 7 nitrogen and oxygen atoms in total. The van der Waals surface area contributed by atoms with E-state index in [2.05, 4.69) is 10.3 Å². The van der Waals surface area contributed by atoms with Gasteiger partial charge in [0.1, 0.15) is 0 Å². The molecule has 1 N–H and O–H groups in total. The molecule has 8 heteroatoms. The number of hydrogen-bond donors (Lipinski definition) is 1. The number of carbonyl (C=O) groups is 1. The van der Waals surface area contributed by atoms with Crippen LogP contribution in [0.2, 0.25) is 0 Å². The maximum absolute atomic E-state index is 12.9. The first kappa shape index (κ1) is 21.3. The van der Waals surface area contributed by atoms with Crippen molar-refractivity contribution < 1.29 is 17.6 Å². The van der Waals surface area contributed by atoms with Crippen molar-refractivity contribution in [3.05, 3.63) is 66.4 Å². The molecule has 3 aromatic rings. The molecule has 1 amide bonds. The van der Waals surface area contributed by atoms with Gasteiger partial charge in [0.2, 0.25) is 15.9 Å². The molecule has 1 aromatic heterocycles. The van der Waals surface area contributed by atoms with Gasteiger partial charge in [0.25, 0.3) is 5.91 Å². The molecule has 0 unspecified atom stereocenters. The summed E-state index contributed by atoms with van der Waals surface area (Å²) in [6.45, 7) is 1.49. The molecule has 31 heavy (non-hydrogen) atoms. The van der Waals surface area contributed by atoms with Crippen LogP contribution >= 0.6 is 0 Å². The summed E-state index contributed by atoms with van der Waals surface area (Å²) in [6.07, 6.45) is 4.36. The van der Waals surface area contributed by atoms with E-state index in [9.17, 15) is 13.2 Å². The zero-order valence-corrected chi connectivity index (χ0v) is 18.1. The van der Waals surface area contributed by atoms with E-state index >= 15 is 0 Å². The van der Waals surface area contributed by atoms with E-state index in [1.807, 2.05) is 48.5 Å². The summed E-state index contributed by atoms with van der Waals surface area (Å²) in [7, 11) is -3.15. The van der Waals surface area contributed by atoms with Gasteiger partial charge in [0.15, 0.2) is 5.76 Å². The summed E-state index contributed by atoms with van der Waals surface area (Å²) < 4.78 is 30.7. The van der Waals surface area contributed by atoms with Crippen LogP contribution in [0.5, 0.6) is 0 Å². The van der Waals surface area contributed by atoms with Gasteiger partial charge in [-0.05, 0) is 30.9 Å². The number of sulfonamides is 1. The van der Waals surface area contributed by atoms with Crippen LogP contribution in [0.15, 0.2) is 65.2 Å². The molecule has 0 saturated carbocycles. The number of rotatable bonds is 6. The number of aromatic nitrogens is 1. The second kappa shape index (κ2) is 9.03. The fraction of sp³-hybridized carbons (Fsp3) is 0.304. The Hall–Kier alpha value is -2.97.